The van der Waals surface area contributed by atoms with Crippen molar-refractivity contribution < 1.29 is 4.74 Å². The zero-order valence-corrected chi connectivity index (χ0v) is 9.80. The molecule has 5 heteroatoms. The molecule has 2 N–H and O–H groups in total. The first kappa shape index (κ1) is 10.9. The molecule has 1 aromatic rings. The van der Waals surface area contributed by atoms with Gasteiger partial charge in [-0.05, 0) is 36.5 Å². The minimum absolute atomic E-state index is 0.599. The van der Waals surface area contributed by atoms with E-state index in [4.69, 9.17) is 17.0 Å². The lowest BCUT2D eigenvalue weighted by atomic mass is 10.2. The monoisotopic (exact) mass is 235 g/mol. The molecule has 0 spiro atoms. The molecule has 0 saturated heterocycles. The standard InChI is InChI=1S/C11H13N3OS/c1-12-11(16)14-9-4-2-8(3-5-9)10-13-6-7-15-10/h2-5H,6-7H2,1H3,(H2,12,14,16). The highest BCUT2D eigenvalue weighted by molar-refractivity contribution is 7.80. The average Bonchev–Trinajstić information content (AvgIpc) is 2.83. The third kappa shape index (κ3) is 2.49. The highest BCUT2D eigenvalue weighted by Crippen LogP contribution is 2.12. The summed E-state index contributed by atoms with van der Waals surface area (Å²) in [5, 5.41) is 6.50. The molecule has 1 heterocycles. The fraction of sp³-hybridized carbons (Fsp3) is 0.273. The maximum atomic E-state index is 5.37. The van der Waals surface area contributed by atoms with Crippen LogP contribution in [0.15, 0.2) is 29.3 Å². The summed E-state index contributed by atoms with van der Waals surface area (Å²) in [5.74, 6) is 0.725. The van der Waals surface area contributed by atoms with Gasteiger partial charge in [-0.3, -0.25) is 0 Å². The van der Waals surface area contributed by atoms with Crippen molar-refractivity contribution in [3.8, 4) is 0 Å². The Morgan fingerprint density at radius 2 is 2.12 bits per heavy atom. The summed E-state index contributed by atoms with van der Waals surface area (Å²) in [6.45, 7) is 1.43. The molecule has 0 bridgehead atoms. The molecule has 84 valence electrons. The summed E-state index contributed by atoms with van der Waals surface area (Å²) in [6, 6.07) is 7.82. The Balaban J connectivity index is 2.07. The molecule has 2 rings (SSSR count). The minimum Gasteiger partial charge on any atom is -0.476 e. The first-order valence-corrected chi connectivity index (χ1v) is 5.47. The molecule has 0 unspecified atom stereocenters. The van der Waals surface area contributed by atoms with E-state index in [0.717, 1.165) is 23.7 Å². The van der Waals surface area contributed by atoms with Gasteiger partial charge in [0.05, 0.1) is 6.54 Å². The van der Waals surface area contributed by atoms with Crippen LogP contribution in [-0.2, 0) is 4.74 Å². The molecule has 4 nitrogen and oxygen atoms in total. The number of ether oxygens (including phenoxy) is 1. The van der Waals surface area contributed by atoms with Crippen LogP contribution in [0.2, 0.25) is 0 Å². The SMILES string of the molecule is CNC(=S)Nc1ccc(C2=NCCO2)cc1. The normalized spacial score (nSPS) is 13.9. The van der Waals surface area contributed by atoms with E-state index in [2.05, 4.69) is 15.6 Å². The van der Waals surface area contributed by atoms with Gasteiger partial charge in [0.25, 0.3) is 0 Å². The molecule has 1 aliphatic rings. The third-order valence-electron chi connectivity index (χ3n) is 2.20. The Bertz CT molecular complexity index is 414. The molecular weight excluding hydrogens is 222 g/mol. The number of aliphatic imine (C=N–C) groups is 1. The van der Waals surface area contributed by atoms with Gasteiger partial charge in [0.2, 0.25) is 5.90 Å². The van der Waals surface area contributed by atoms with Crippen LogP contribution in [0.1, 0.15) is 5.56 Å². The van der Waals surface area contributed by atoms with Gasteiger partial charge in [-0.25, -0.2) is 4.99 Å². The minimum atomic E-state index is 0.599. The van der Waals surface area contributed by atoms with Crippen LogP contribution in [0.3, 0.4) is 0 Å². The lowest BCUT2D eigenvalue weighted by molar-refractivity contribution is 0.348. The topological polar surface area (TPSA) is 45.7 Å². The van der Waals surface area contributed by atoms with Gasteiger partial charge in [-0.15, -0.1) is 0 Å². The maximum absolute atomic E-state index is 5.37. The molecule has 0 saturated carbocycles. The van der Waals surface area contributed by atoms with Gasteiger partial charge in [0, 0.05) is 18.3 Å². The lowest BCUT2D eigenvalue weighted by Gasteiger charge is -2.07. The third-order valence-corrected chi connectivity index (χ3v) is 2.51. The van der Waals surface area contributed by atoms with E-state index in [1.54, 1.807) is 7.05 Å². The van der Waals surface area contributed by atoms with Crippen molar-refractivity contribution in [3.05, 3.63) is 29.8 Å². The molecule has 16 heavy (non-hydrogen) atoms. The maximum Gasteiger partial charge on any atom is 0.216 e. The first-order chi connectivity index (χ1) is 7.79. The molecule has 0 fully saturated rings. The van der Waals surface area contributed by atoms with Gasteiger partial charge >= 0.3 is 0 Å². The van der Waals surface area contributed by atoms with Crippen LogP contribution in [0.25, 0.3) is 0 Å². The van der Waals surface area contributed by atoms with Crippen LogP contribution in [0, 0.1) is 0 Å². The molecule has 0 radical (unpaired) electrons. The van der Waals surface area contributed by atoms with Crippen molar-refractivity contribution in [1.29, 1.82) is 0 Å². The van der Waals surface area contributed by atoms with E-state index in [0.29, 0.717) is 11.7 Å². The Labute approximate surface area is 99.7 Å². The summed E-state index contributed by atoms with van der Waals surface area (Å²) in [5.41, 5.74) is 1.94. The van der Waals surface area contributed by atoms with Crippen LogP contribution in [-0.4, -0.2) is 31.2 Å². The molecular formula is C11H13N3OS. The second kappa shape index (κ2) is 4.94. The van der Waals surface area contributed by atoms with Crippen LogP contribution >= 0.6 is 12.2 Å². The smallest absolute Gasteiger partial charge is 0.216 e. The molecule has 0 atom stereocenters. The fourth-order valence-electron chi connectivity index (χ4n) is 1.40. The quantitative estimate of drug-likeness (QED) is 0.760. The number of nitrogens with zero attached hydrogens (tertiary/aromatic N) is 1. The molecule has 0 aromatic heterocycles. The van der Waals surface area contributed by atoms with Crippen molar-refractivity contribution in [2.24, 2.45) is 4.99 Å². The van der Waals surface area contributed by atoms with E-state index in [9.17, 15) is 0 Å². The summed E-state index contributed by atoms with van der Waals surface area (Å²) in [7, 11) is 1.78. The fourth-order valence-corrected chi connectivity index (χ4v) is 1.52. The first-order valence-electron chi connectivity index (χ1n) is 5.06. The largest absolute Gasteiger partial charge is 0.476 e. The van der Waals surface area contributed by atoms with Crippen LogP contribution in [0.4, 0.5) is 5.69 Å². The molecule has 0 aliphatic carbocycles. The summed E-state index contributed by atoms with van der Waals surface area (Å²) >= 11 is 5.01. The second-order valence-corrected chi connectivity index (χ2v) is 3.73. The molecule has 1 aliphatic heterocycles. The Morgan fingerprint density at radius 1 is 1.38 bits per heavy atom. The number of anilines is 1. The van der Waals surface area contributed by atoms with Crippen molar-refractivity contribution in [1.82, 2.24) is 5.32 Å². The highest BCUT2D eigenvalue weighted by Gasteiger charge is 2.09. The van der Waals surface area contributed by atoms with Crippen LogP contribution in [0.5, 0.6) is 0 Å². The molecule has 1 aromatic carbocycles. The second-order valence-electron chi connectivity index (χ2n) is 3.32. The number of benzene rings is 1. The van der Waals surface area contributed by atoms with Crippen molar-refractivity contribution >= 4 is 28.9 Å². The predicted molar refractivity (Wildman–Crippen MR) is 69.1 cm³/mol. The van der Waals surface area contributed by atoms with E-state index in [1.807, 2.05) is 24.3 Å². The van der Waals surface area contributed by atoms with Gasteiger partial charge in [0.15, 0.2) is 5.11 Å². The van der Waals surface area contributed by atoms with Crippen LogP contribution < -0.4 is 10.6 Å². The van der Waals surface area contributed by atoms with E-state index < -0.39 is 0 Å². The Hall–Kier alpha value is -1.62. The summed E-state index contributed by atoms with van der Waals surface area (Å²) < 4.78 is 5.37. The Kier molecular flexibility index (Phi) is 3.36. The number of rotatable bonds is 2. The lowest BCUT2D eigenvalue weighted by Crippen LogP contribution is -2.24. The predicted octanol–water partition coefficient (Wildman–Crippen LogP) is 1.38. The van der Waals surface area contributed by atoms with Gasteiger partial charge in [0.1, 0.15) is 6.61 Å². The average molecular weight is 235 g/mol. The van der Waals surface area contributed by atoms with Crippen molar-refractivity contribution in [3.63, 3.8) is 0 Å². The van der Waals surface area contributed by atoms with E-state index in [1.165, 1.54) is 0 Å². The van der Waals surface area contributed by atoms with Gasteiger partial charge in [-0.1, -0.05) is 0 Å². The van der Waals surface area contributed by atoms with Crippen molar-refractivity contribution in [2.45, 2.75) is 0 Å². The van der Waals surface area contributed by atoms with Gasteiger partial charge < -0.3 is 15.4 Å². The Morgan fingerprint density at radius 3 is 2.69 bits per heavy atom. The zero-order valence-electron chi connectivity index (χ0n) is 8.99. The summed E-state index contributed by atoms with van der Waals surface area (Å²) in [4.78, 5) is 4.25. The highest BCUT2D eigenvalue weighted by atomic mass is 32.1. The van der Waals surface area contributed by atoms with Gasteiger partial charge in [-0.2, -0.15) is 0 Å². The number of hydrogen-bond donors (Lipinski definition) is 2. The van der Waals surface area contributed by atoms with E-state index >= 15 is 0 Å². The number of hydrogen-bond acceptors (Lipinski definition) is 3. The molecule has 0 amide bonds. The summed E-state index contributed by atoms with van der Waals surface area (Å²) in [6.07, 6.45) is 0. The number of nitrogens with one attached hydrogen (secondary N) is 2. The number of thiocarbonyl (C=S) groups is 1. The van der Waals surface area contributed by atoms with E-state index in [-0.39, 0.29) is 0 Å². The van der Waals surface area contributed by atoms with Crippen molar-refractivity contribution in [2.75, 3.05) is 25.5 Å². The zero-order chi connectivity index (χ0) is 11.4.